The Kier molecular flexibility index (Phi) is 7.08. The van der Waals surface area contributed by atoms with Crippen LogP contribution in [0.4, 0.5) is 4.39 Å². The standard InChI is InChI=1S/C25H25ClFN3O3/c1-15-2-9-20(13-21(15)27)33-14-24(31)28-18-5-7-19(8-6-18)29-25(32)23-10-3-16-12-17(26)4-11-22(16)30-23/h2-4,9-13,18-19H,5-8,14H2,1H3,(H,28,31)(H,29,32). The van der Waals surface area contributed by atoms with Gasteiger partial charge in [-0.3, -0.25) is 9.59 Å². The van der Waals surface area contributed by atoms with Crippen molar-refractivity contribution in [2.24, 2.45) is 0 Å². The molecule has 2 aromatic carbocycles. The first kappa shape index (κ1) is 23.0. The lowest BCUT2D eigenvalue weighted by Crippen LogP contribution is -2.45. The zero-order valence-corrected chi connectivity index (χ0v) is 19.0. The van der Waals surface area contributed by atoms with Crippen molar-refractivity contribution >= 4 is 34.3 Å². The lowest BCUT2D eigenvalue weighted by Gasteiger charge is -2.29. The molecule has 0 spiro atoms. The van der Waals surface area contributed by atoms with Gasteiger partial charge in [0.2, 0.25) is 0 Å². The van der Waals surface area contributed by atoms with E-state index in [9.17, 15) is 14.0 Å². The molecule has 4 rings (SSSR count). The first-order chi connectivity index (χ1) is 15.9. The van der Waals surface area contributed by atoms with E-state index in [4.69, 9.17) is 16.3 Å². The van der Waals surface area contributed by atoms with Gasteiger partial charge in [-0.15, -0.1) is 0 Å². The second-order valence-corrected chi connectivity index (χ2v) is 8.76. The average molecular weight is 470 g/mol. The van der Waals surface area contributed by atoms with Crippen LogP contribution in [-0.4, -0.2) is 35.5 Å². The molecule has 0 atom stereocenters. The largest absolute Gasteiger partial charge is 0.484 e. The highest BCUT2D eigenvalue weighted by Crippen LogP contribution is 2.21. The van der Waals surface area contributed by atoms with Crippen molar-refractivity contribution in [3.8, 4) is 5.75 Å². The van der Waals surface area contributed by atoms with Gasteiger partial charge in [0, 0.05) is 28.6 Å². The minimum Gasteiger partial charge on any atom is -0.484 e. The van der Waals surface area contributed by atoms with Crippen LogP contribution < -0.4 is 15.4 Å². The van der Waals surface area contributed by atoms with Gasteiger partial charge in [-0.1, -0.05) is 23.7 Å². The Labute approximate surface area is 196 Å². The number of benzene rings is 2. The molecule has 2 N–H and O–H groups in total. The summed E-state index contributed by atoms with van der Waals surface area (Å²) in [5, 5.41) is 7.50. The fourth-order valence-corrected chi connectivity index (χ4v) is 4.13. The van der Waals surface area contributed by atoms with Crippen LogP contribution in [0.2, 0.25) is 5.02 Å². The van der Waals surface area contributed by atoms with Crippen LogP contribution in [0.3, 0.4) is 0 Å². The second-order valence-electron chi connectivity index (χ2n) is 8.32. The van der Waals surface area contributed by atoms with Crippen molar-refractivity contribution in [3.63, 3.8) is 0 Å². The summed E-state index contributed by atoms with van der Waals surface area (Å²) < 4.78 is 19.0. The summed E-state index contributed by atoms with van der Waals surface area (Å²) in [5.41, 5.74) is 1.61. The number of fused-ring (bicyclic) bond motifs is 1. The quantitative estimate of drug-likeness (QED) is 0.554. The van der Waals surface area contributed by atoms with Crippen LogP contribution >= 0.6 is 11.6 Å². The van der Waals surface area contributed by atoms with Crippen LogP contribution in [0.25, 0.3) is 10.9 Å². The van der Waals surface area contributed by atoms with Gasteiger partial charge >= 0.3 is 0 Å². The maximum atomic E-state index is 13.6. The molecule has 1 aromatic heterocycles. The van der Waals surface area contributed by atoms with Crippen molar-refractivity contribution in [1.82, 2.24) is 15.6 Å². The Bertz CT molecular complexity index is 1180. The SMILES string of the molecule is Cc1ccc(OCC(=O)NC2CCC(NC(=O)c3ccc4cc(Cl)ccc4n3)CC2)cc1F. The number of carbonyl (C=O) groups is 2. The Hall–Kier alpha value is -3.19. The molecule has 1 heterocycles. The molecular weight excluding hydrogens is 445 g/mol. The summed E-state index contributed by atoms with van der Waals surface area (Å²) in [4.78, 5) is 29.3. The number of aromatic nitrogens is 1. The molecule has 6 nitrogen and oxygen atoms in total. The van der Waals surface area contributed by atoms with Crippen molar-refractivity contribution < 1.29 is 18.7 Å². The van der Waals surface area contributed by atoms with E-state index in [1.165, 1.54) is 6.07 Å². The predicted molar refractivity (Wildman–Crippen MR) is 125 cm³/mol. The van der Waals surface area contributed by atoms with Crippen LogP contribution in [0, 0.1) is 12.7 Å². The number of hydrogen-bond donors (Lipinski definition) is 2. The Balaban J connectivity index is 1.22. The smallest absolute Gasteiger partial charge is 0.270 e. The number of nitrogens with one attached hydrogen (secondary N) is 2. The molecule has 172 valence electrons. The molecule has 0 unspecified atom stereocenters. The summed E-state index contributed by atoms with van der Waals surface area (Å²) >= 11 is 6.00. The number of rotatable bonds is 6. The number of amides is 2. The number of ether oxygens (including phenoxy) is 1. The van der Waals surface area contributed by atoms with Crippen molar-refractivity contribution in [2.45, 2.75) is 44.7 Å². The van der Waals surface area contributed by atoms with Gasteiger partial charge in [0.25, 0.3) is 11.8 Å². The van der Waals surface area contributed by atoms with Gasteiger partial charge in [0.15, 0.2) is 6.61 Å². The van der Waals surface area contributed by atoms with Gasteiger partial charge in [-0.2, -0.15) is 0 Å². The number of pyridine rings is 1. The molecule has 0 saturated heterocycles. The van der Waals surface area contributed by atoms with E-state index in [1.807, 2.05) is 12.1 Å². The molecule has 0 aliphatic heterocycles. The van der Waals surface area contributed by atoms with Gasteiger partial charge in [0.1, 0.15) is 17.3 Å². The maximum Gasteiger partial charge on any atom is 0.270 e. The van der Waals surface area contributed by atoms with Crippen molar-refractivity contribution in [2.75, 3.05) is 6.61 Å². The third-order valence-electron chi connectivity index (χ3n) is 5.82. The third kappa shape index (κ3) is 5.99. The first-order valence-electron chi connectivity index (χ1n) is 10.9. The number of halogens is 2. The Morgan fingerprint density at radius 2 is 1.76 bits per heavy atom. The number of carbonyl (C=O) groups excluding carboxylic acids is 2. The minimum atomic E-state index is -0.364. The molecular formula is C25H25ClFN3O3. The normalized spacial score (nSPS) is 18.0. The van der Waals surface area contributed by atoms with Gasteiger partial charge in [0.05, 0.1) is 5.52 Å². The van der Waals surface area contributed by atoms with E-state index in [0.717, 1.165) is 31.1 Å². The van der Waals surface area contributed by atoms with Gasteiger partial charge in [-0.25, -0.2) is 9.37 Å². The van der Waals surface area contributed by atoms with Crippen LogP contribution in [-0.2, 0) is 4.79 Å². The molecule has 1 fully saturated rings. The third-order valence-corrected chi connectivity index (χ3v) is 6.06. The summed E-state index contributed by atoms with van der Waals surface area (Å²) in [6.45, 7) is 1.50. The number of hydrogen-bond acceptors (Lipinski definition) is 4. The summed E-state index contributed by atoms with van der Waals surface area (Å²) in [7, 11) is 0. The molecule has 8 heteroatoms. The first-order valence-corrected chi connectivity index (χ1v) is 11.3. The zero-order chi connectivity index (χ0) is 23.4. The van der Waals surface area contributed by atoms with Crippen molar-refractivity contribution in [1.29, 1.82) is 0 Å². The van der Waals surface area contributed by atoms with Crippen LogP contribution in [0.15, 0.2) is 48.5 Å². The fraction of sp³-hybridized carbons (Fsp3) is 0.320. The Morgan fingerprint density at radius 3 is 2.48 bits per heavy atom. The number of nitrogens with zero attached hydrogens (tertiary/aromatic N) is 1. The highest BCUT2D eigenvalue weighted by Gasteiger charge is 2.24. The maximum absolute atomic E-state index is 13.6. The van der Waals surface area contributed by atoms with Gasteiger partial charge < -0.3 is 15.4 Å². The highest BCUT2D eigenvalue weighted by atomic mass is 35.5. The molecule has 1 aliphatic rings. The molecule has 0 radical (unpaired) electrons. The second kappa shape index (κ2) is 10.2. The predicted octanol–water partition coefficient (Wildman–Crippen LogP) is 4.57. The summed E-state index contributed by atoms with van der Waals surface area (Å²) in [6.07, 6.45) is 3.01. The van der Waals surface area contributed by atoms with Gasteiger partial charge in [-0.05, 0) is 68.5 Å². The summed E-state index contributed by atoms with van der Waals surface area (Å²) in [5.74, 6) is -0.497. The Morgan fingerprint density at radius 1 is 1.03 bits per heavy atom. The topological polar surface area (TPSA) is 80.3 Å². The molecule has 3 aromatic rings. The lowest BCUT2D eigenvalue weighted by atomic mass is 9.91. The molecule has 1 saturated carbocycles. The molecule has 0 bridgehead atoms. The highest BCUT2D eigenvalue weighted by molar-refractivity contribution is 6.31. The van der Waals surface area contributed by atoms with Crippen LogP contribution in [0.1, 0.15) is 41.7 Å². The fourth-order valence-electron chi connectivity index (χ4n) is 3.95. The molecule has 33 heavy (non-hydrogen) atoms. The average Bonchev–Trinajstić information content (AvgIpc) is 2.80. The van der Waals surface area contributed by atoms with E-state index in [0.29, 0.717) is 27.5 Å². The van der Waals surface area contributed by atoms with E-state index >= 15 is 0 Å². The van der Waals surface area contributed by atoms with Crippen LogP contribution in [0.5, 0.6) is 5.75 Å². The van der Waals surface area contributed by atoms with E-state index in [2.05, 4.69) is 15.6 Å². The monoisotopic (exact) mass is 469 g/mol. The van der Waals surface area contributed by atoms with Crippen molar-refractivity contribution in [3.05, 3.63) is 70.6 Å². The minimum absolute atomic E-state index is 0.0209. The van der Waals surface area contributed by atoms with E-state index in [1.54, 1.807) is 37.3 Å². The lowest BCUT2D eigenvalue weighted by molar-refractivity contribution is -0.124. The molecule has 2 amide bonds. The summed E-state index contributed by atoms with van der Waals surface area (Å²) in [6, 6.07) is 13.5. The van der Waals surface area contributed by atoms with E-state index < -0.39 is 0 Å². The van der Waals surface area contributed by atoms with E-state index in [-0.39, 0.29) is 36.3 Å². The molecule has 1 aliphatic carbocycles. The number of aryl methyl sites for hydroxylation is 1. The zero-order valence-electron chi connectivity index (χ0n) is 18.2.